The number of halogens is 1. The van der Waals surface area contributed by atoms with Gasteiger partial charge in [-0.05, 0) is 43.3 Å². The Morgan fingerprint density at radius 3 is 2.56 bits per heavy atom. The molecule has 1 aromatic carbocycles. The van der Waals surface area contributed by atoms with Gasteiger partial charge >= 0.3 is 0 Å². The highest BCUT2D eigenvalue weighted by Crippen LogP contribution is 2.17. The van der Waals surface area contributed by atoms with E-state index < -0.39 is 0 Å². The van der Waals surface area contributed by atoms with Gasteiger partial charge in [0.25, 0.3) is 0 Å². The molecule has 0 aliphatic carbocycles. The first-order chi connectivity index (χ1) is 11.9. The SMILES string of the molecule is Cc1ccc(CN(C)C(=O)CCSCC(=O)Nc2ccc(Br)cc2)s1. The minimum Gasteiger partial charge on any atom is -0.341 e. The van der Waals surface area contributed by atoms with Crippen LogP contribution in [0.1, 0.15) is 16.2 Å². The molecule has 0 saturated heterocycles. The van der Waals surface area contributed by atoms with Gasteiger partial charge < -0.3 is 10.2 Å². The molecule has 0 aliphatic heterocycles. The molecular weight excluding hydrogens is 420 g/mol. The highest BCUT2D eigenvalue weighted by molar-refractivity contribution is 9.10. The van der Waals surface area contributed by atoms with Crippen LogP contribution in [0.3, 0.4) is 0 Å². The average molecular weight is 441 g/mol. The number of nitrogens with zero attached hydrogens (tertiary/aromatic N) is 1. The van der Waals surface area contributed by atoms with Crippen LogP contribution in [0.5, 0.6) is 0 Å². The third-order valence-corrected chi connectivity index (χ3v) is 5.91. The summed E-state index contributed by atoms with van der Waals surface area (Å²) in [7, 11) is 1.82. The van der Waals surface area contributed by atoms with Gasteiger partial charge in [0.1, 0.15) is 0 Å². The number of carbonyl (C=O) groups is 2. The second-order valence-electron chi connectivity index (χ2n) is 5.62. The third-order valence-electron chi connectivity index (χ3n) is 3.44. The molecule has 1 N–H and O–H groups in total. The van der Waals surface area contributed by atoms with Crippen molar-refractivity contribution in [2.24, 2.45) is 0 Å². The molecule has 134 valence electrons. The van der Waals surface area contributed by atoms with Gasteiger partial charge in [-0.1, -0.05) is 15.9 Å². The van der Waals surface area contributed by atoms with E-state index in [1.165, 1.54) is 21.5 Å². The maximum Gasteiger partial charge on any atom is 0.234 e. The minimum absolute atomic E-state index is 0.0535. The number of rotatable bonds is 8. The third kappa shape index (κ3) is 7.22. The monoisotopic (exact) mass is 440 g/mol. The van der Waals surface area contributed by atoms with Crippen molar-refractivity contribution in [3.8, 4) is 0 Å². The second kappa shape index (κ2) is 9.99. The lowest BCUT2D eigenvalue weighted by Crippen LogP contribution is -2.26. The number of benzene rings is 1. The standard InChI is InChI=1S/C18H21BrN2O2S2/c1-13-3-8-16(25-13)11-21(2)18(23)9-10-24-12-17(22)20-15-6-4-14(19)5-7-15/h3-8H,9-12H2,1-2H3,(H,20,22). The zero-order valence-electron chi connectivity index (χ0n) is 14.3. The lowest BCUT2D eigenvalue weighted by molar-refractivity contribution is -0.129. The first-order valence-electron chi connectivity index (χ1n) is 7.86. The summed E-state index contributed by atoms with van der Waals surface area (Å²) in [5, 5.41) is 2.84. The van der Waals surface area contributed by atoms with Crippen LogP contribution in [0.2, 0.25) is 0 Å². The molecule has 2 rings (SSSR count). The van der Waals surface area contributed by atoms with Crippen LogP contribution in [0.15, 0.2) is 40.9 Å². The van der Waals surface area contributed by atoms with E-state index in [-0.39, 0.29) is 11.8 Å². The maximum atomic E-state index is 12.1. The quantitative estimate of drug-likeness (QED) is 0.612. The molecule has 0 spiro atoms. The normalized spacial score (nSPS) is 10.5. The van der Waals surface area contributed by atoms with Crippen LogP contribution in [0, 0.1) is 6.92 Å². The van der Waals surface area contributed by atoms with E-state index in [1.807, 2.05) is 31.3 Å². The fraction of sp³-hybridized carbons (Fsp3) is 0.333. The Hall–Kier alpha value is -1.31. The van der Waals surface area contributed by atoms with Crippen LogP contribution in [0.4, 0.5) is 5.69 Å². The molecule has 0 aliphatic rings. The van der Waals surface area contributed by atoms with Crippen molar-refractivity contribution < 1.29 is 9.59 Å². The van der Waals surface area contributed by atoms with Gasteiger partial charge in [-0.3, -0.25) is 9.59 Å². The summed E-state index contributed by atoms with van der Waals surface area (Å²) in [6.45, 7) is 2.71. The largest absolute Gasteiger partial charge is 0.341 e. The lowest BCUT2D eigenvalue weighted by Gasteiger charge is -2.16. The molecule has 2 aromatic rings. The van der Waals surface area contributed by atoms with E-state index in [4.69, 9.17) is 0 Å². The van der Waals surface area contributed by atoms with Crippen molar-refractivity contribution in [1.29, 1.82) is 0 Å². The number of thiophene rings is 1. The predicted octanol–water partition coefficient (Wildman–Crippen LogP) is 4.54. The van der Waals surface area contributed by atoms with Crippen LogP contribution < -0.4 is 5.32 Å². The summed E-state index contributed by atoms with van der Waals surface area (Å²) >= 11 is 6.54. The molecule has 0 atom stereocenters. The molecule has 0 radical (unpaired) electrons. The van der Waals surface area contributed by atoms with Gasteiger partial charge in [0.2, 0.25) is 11.8 Å². The molecule has 0 unspecified atom stereocenters. The van der Waals surface area contributed by atoms with E-state index in [0.29, 0.717) is 24.5 Å². The Kier molecular flexibility index (Phi) is 7.99. The van der Waals surface area contributed by atoms with Gasteiger partial charge in [-0.2, -0.15) is 11.8 Å². The number of amides is 2. The summed E-state index contributed by atoms with van der Waals surface area (Å²) in [6.07, 6.45) is 0.442. The molecule has 7 heteroatoms. The van der Waals surface area contributed by atoms with E-state index in [0.717, 1.165) is 10.2 Å². The number of aryl methyl sites for hydroxylation is 1. The smallest absolute Gasteiger partial charge is 0.234 e. The molecular formula is C18H21BrN2O2S2. The molecule has 1 heterocycles. The fourth-order valence-electron chi connectivity index (χ4n) is 2.14. The van der Waals surface area contributed by atoms with Gasteiger partial charge in [0.15, 0.2) is 0 Å². The number of thioether (sulfide) groups is 1. The first kappa shape index (κ1) is 20.0. The predicted molar refractivity (Wildman–Crippen MR) is 110 cm³/mol. The molecule has 2 amide bonds. The number of anilines is 1. The van der Waals surface area contributed by atoms with Crippen molar-refractivity contribution in [3.05, 3.63) is 50.6 Å². The molecule has 25 heavy (non-hydrogen) atoms. The summed E-state index contributed by atoms with van der Waals surface area (Å²) < 4.78 is 0.972. The van der Waals surface area contributed by atoms with Gasteiger partial charge in [0, 0.05) is 39.1 Å². The van der Waals surface area contributed by atoms with Crippen molar-refractivity contribution in [2.75, 3.05) is 23.9 Å². The van der Waals surface area contributed by atoms with Gasteiger partial charge in [-0.25, -0.2) is 0 Å². The first-order valence-corrected chi connectivity index (χ1v) is 10.6. The molecule has 0 bridgehead atoms. The van der Waals surface area contributed by atoms with Gasteiger partial charge in [-0.15, -0.1) is 11.3 Å². The van der Waals surface area contributed by atoms with Crippen molar-refractivity contribution >= 4 is 56.5 Å². The van der Waals surface area contributed by atoms with Gasteiger partial charge in [0.05, 0.1) is 12.3 Å². The summed E-state index contributed by atoms with van der Waals surface area (Å²) in [4.78, 5) is 28.2. The Morgan fingerprint density at radius 2 is 1.92 bits per heavy atom. The number of hydrogen-bond acceptors (Lipinski definition) is 4. The molecule has 0 fully saturated rings. The average Bonchev–Trinajstić information content (AvgIpc) is 2.98. The van der Waals surface area contributed by atoms with Crippen LogP contribution in [0.25, 0.3) is 0 Å². The Balaban J connectivity index is 1.63. The Labute approximate surface area is 165 Å². The maximum absolute atomic E-state index is 12.1. The van der Waals surface area contributed by atoms with Crippen molar-refractivity contribution in [1.82, 2.24) is 4.90 Å². The number of nitrogens with one attached hydrogen (secondary N) is 1. The zero-order valence-corrected chi connectivity index (χ0v) is 17.5. The summed E-state index contributed by atoms with van der Waals surface area (Å²) in [5.74, 6) is 1.03. The Morgan fingerprint density at radius 1 is 1.20 bits per heavy atom. The zero-order chi connectivity index (χ0) is 18.2. The second-order valence-corrected chi connectivity index (χ2v) is 9.01. The van der Waals surface area contributed by atoms with Crippen LogP contribution in [-0.2, 0) is 16.1 Å². The van der Waals surface area contributed by atoms with E-state index in [2.05, 4.69) is 40.3 Å². The highest BCUT2D eigenvalue weighted by atomic mass is 79.9. The lowest BCUT2D eigenvalue weighted by atomic mass is 10.3. The van der Waals surface area contributed by atoms with Crippen LogP contribution >= 0.6 is 39.0 Å². The Bertz CT molecular complexity index is 716. The fourth-order valence-corrected chi connectivity index (χ4v) is 4.07. The molecule has 1 aromatic heterocycles. The highest BCUT2D eigenvalue weighted by Gasteiger charge is 2.11. The molecule has 0 saturated carbocycles. The number of carbonyl (C=O) groups excluding carboxylic acids is 2. The van der Waals surface area contributed by atoms with Crippen LogP contribution in [-0.4, -0.2) is 35.3 Å². The van der Waals surface area contributed by atoms with E-state index in [1.54, 1.807) is 16.2 Å². The van der Waals surface area contributed by atoms with Crippen molar-refractivity contribution in [2.45, 2.75) is 19.9 Å². The number of hydrogen-bond donors (Lipinski definition) is 1. The van der Waals surface area contributed by atoms with E-state index in [9.17, 15) is 9.59 Å². The molecule has 4 nitrogen and oxygen atoms in total. The minimum atomic E-state index is -0.0535. The summed E-state index contributed by atoms with van der Waals surface area (Å²) in [6, 6.07) is 11.6. The van der Waals surface area contributed by atoms with Crippen molar-refractivity contribution in [3.63, 3.8) is 0 Å². The van der Waals surface area contributed by atoms with E-state index >= 15 is 0 Å². The topological polar surface area (TPSA) is 49.4 Å². The summed E-state index contributed by atoms with van der Waals surface area (Å²) in [5.41, 5.74) is 0.774.